The van der Waals surface area contributed by atoms with Crippen LogP contribution in [0.2, 0.25) is 0 Å². The zero-order valence-corrected chi connectivity index (χ0v) is 10.5. The number of nitro benzene ring substituents is 1. The van der Waals surface area contributed by atoms with E-state index in [2.05, 4.69) is 11.8 Å². The molecule has 0 saturated carbocycles. The molecular weight excluding hydrogens is 232 g/mol. The number of hydrogen-bond donors (Lipinski definition) is 0. The predicted octanol–water partition coefficient (Wildman–Crippen LogP) is 2.65. The molecule has 0 bridgehead atoms. The van der Waals surface area contributed by atoms with Gasteiger partial charge >= 0.3 is 5.69 Å². The maximum absolute atomic E-state index is 10.8. The lowest BCUT2D eigenvalue weighted by Crippen LogP contribution is -2.32. The fraction of sp³-hybridized carbons (Fsp3) is 0.462. The first-order valence-corrected chi connectivity index (χ1v) is 6.02. The van der Waals surface area contributed by atoms with Gasteiger partial charge in [0, 0.05) is 30.9 Å². The first kappa shape index (κ1) is 12.7. The van der Waals surface area contributed by atoms with Crippen LogP contribution in [0.15, 0.2) is 18.2 Å². The molecule has 5 heteroatoms. The molecule has 0 spiro atoms. The summed E-state index contributed by atoms with van der Waals surface area (Å²) >= 11 is 0. The number of rotatable bonds is 3. The topological polar surface area (TPSA) is 55.6 Å². The lowest BCUT2D eigenvalue weighted by atomic mass is 9.99. The largest absolute Gasteiger partial charge is 0.490 e. The van der Waals surface area contributed by atoms with Gasteiger partial charge in [0.1, 0.15) is 0 Å². The Morgan fingerprint density at radius 2 is 2.11 bits per heavy atom. The molecule has 1 fully saturated rings. The summed E-state index contributed by atoms with van der Waals surface area (Å²) in [6, 6.07) is 5.02. The molecule has 1 aliphatic rings. The van der Waals surface area contributed by atoms with Crippen LogP contribution in [-0.2, 0) is 0 Å². The molecular formula is C13H17N2O3. The Labute approximate surface area is 107 Å². The lowest BCUT2D eigenvalue weighted by molar-refractivity contribution is -0.385. The highest BCUT2D eigenvalue weighted by Crippen LogP contribution is 2.32. The molecule has 0 atom stereocenters. The van der Waals surface area contributed by atoms with Crippen molar-refractivity contribution in [1.82, 2.24) is 0 Å². The van der Waals surface area contributed by atoms with Gasteiger partial charge in [-0.1, -0.05) is 6.92 Å². The van der Waals surface area contributed by atoms with Gasteiger partial charge in [-0.2, -0.15) is 0 Å². The number of nitro groups is 1. The molecule has 1 saturated heterocycles. The number of anilines is 1. The number of ether oxygens (including phenoxy) is 1. The predicted molar refractivity (Wildman–Crippen MR) is 69.9 cm³/mol. The van der Waals surface area contributed by atoms with Crippen molar-refractivity contribution >= 4 is 11.4 Å². The summed E-state index contributed by atoms with van der Waals surface area (Å²) in [5, 5.41) is 10.8. The molecule has 1 aliphatic heterocycles. The van der Waals surface area contributed by atoms with Crippen molar-refractivity contribution < 1.29 is 9.66 Å². The zero-order chi connectivity index (χ0) is 13.1. The second-order valence-electron chi connectivity index (χ2n) is 4.54. The summed E-state index contributed by atoms with van der Waals surface area (Å²) in [6.45, 7) is 5.94. The van der Waals surface area contributed by atoms with E-state index < -0.39 is 4.92 Å². The summed E-state index contributed by atoms with van der Waals surface area (Å²) in [7, 11) is 1.45. The van der Waals surface area contributed by atoms with Gasteiger partial charge in [-0.3, -0.25) is 10.1 Å². The van der Waals surface area contributed by atoms with Gasteiger partial charge in [-0.15, -0.1) is 0 Å². The smallest absolute Gasteiger partial charge is 0.311 e. The van der Waals surface area contributed by atoms with Gasteiger partial charge in [-0.05, 0) is 24.8 Å². The highest BCUT2D eigenvalue weighted by molar-refractivity contribution is 5.59. The third-order valence-electron chi connectivity index (χ3n) is 3.34. The number of methoxy groups -OCH3 is 1. The van der Waals surface area contributed by atoms with Crippen LogP contribution in [0, 0.1) is 23.0 Å². The molecule has 0 unspecified atom stereocenters. The fourth-order valence-corrected chi connectivity index (χ4v) is 2.20. The van der Waals surface area contributed by atoms with E-state index in [1.807, 2.05) is 0 Å². The van der Waals surface area contributed by atoms with E-state index in [0.29, 0.717) is 11.7 Å². The van der Waals surface area contributed by atoms with Gasteiger partial charge in [0.15, 0.2) is 5.75 Å². The molecule has 0 N–H and O–H groups in total. The van der Waals surface area contributed by atoms with E-state index in [0.717, 1.165) is 31.6 Å². The summed E-state index contributed by atoms with van der Waals surface area (Å²) < 4.78 is 5.08. The van der Waals surface area contributed by atoms with Crippen LogP contribution >= 0.6 is 0 Å². The Hall–Kier alpha value is -1.78. The van der Waals surface area contributed by atoms with Crippen molar-refractivity contribution in [3.05, 3.63) is 35.2 Å². The number of benzene rings is 1. The fourth-order valence-electron chi connectivity index (χ4n) is 2.20. The van der Waals surface area contributed by atoms with Crippen LogP contribution in [0.1, 0.15) is 12.8 Å². The van der Waals surface area contributed by atoms with Crippen LogP contribution < -0.4 is 9.64 Å². The Morgan fingerprint density at radius 1 is 1.44 bits per heavy atom. The van der Waals surface area contributed by atoms with Crippen molar-refractivity contribution in [2.45, 2.75) is 12.8 Å². The minimum atomic E-state index is -0.426. The van der Waals surface area contributed by atoms with E-state index in [-0.39, 0.29) is 5.69 Å². The zero-order valence-electron chi connectivity index (χ0n) is 10.5. The molecule has 18 heavy (non-hydrogen) atoms. The quantitative estimate of drug-likeness (QED) is 0.610. The Morgan fingerprint density at radius 3 is 2.67 bits per heavy atom. The van der Waals surface area contributed by atoms with Crippen LogP contribution in [-0.4, -0.2) is 25.1 Å². The molecule has 5 nitrogen and oxygen atoms in total. The third-order valence-corrected chi connectivity index (χ3v) is 3.34. The van der Waals surface area contributed by atoms with E-state index >= 15 is 0 Å². The van der Waals surface area contributed by atoms with Gasteiger partial charge in [0.05, 0.1) is 12.0 Å². The maximum atomic E-state index is 10.8. The molecule has 2 rings (SSSR count). The number of hydrogen-bond acceptors (Lipinski definition) is 4. The lowest BCUT2D eigenvalue weighted by Gasteiger charge is -2.32. The Bertz CT molecular complexity index is 440. The minimum absolute atomic E-state index is 0.00768. The molecule has 1 aromatic carbocycles. The van der Waals surface area contributed by atoms with Crippen LogP contribution in [0.4, 0.5) is 11.4 Å². The highest BCUT2D eigenvalue weighted by Gasteiger charge is 2.20. The van der Waals surface area contributed by atoms with Crippen molar-refractivity contribution in [2.24, 2.45) is 5.92 Å². The molecule has 1 radical (unpaired) electrons. The minimum Gasteiger partial charge on any atom is -0.490 e. The van der Waals surface area contributed by atoms with Crippen molar-refractivity contribution in [2.75, 3.05) is 25.1 Å². The summed E-state index contributed by atoms with van der Waals surface area (Å²) in [4.78, 5) is 12.6. The highest BCUT2D eigenvalue weighted by atomic mass is 16.6. The van der Waals surface area contributed by atoms with Crippen LogP contribution in [0.5, 0.6) is 5.75 Å². The normalized spacial score (nSPS) is 16.7. The molecule has 1 heterocycles. The van der Waals surface area contributed by atoms with E-state index in [1.165, 1.54) is 13.2 Å². The second kappa shape index (κ2) is 5.25. The molecule has 97 valence electrons. The molecule has 1 aromatic rings. The summed E-state index contributed by atoms with van der Waals surface area (Å²) in [5.41, 5.74) is 0.984. The van der Waals surface area contributed by atoms with Crippen molar-refractivity contribution in [3.8, 4) is 5.75 Å². The van der Waals surface area contributed by atoms with E-state index in [1.54, 1.807) is 12.1 Å². The van der Waals surface area contributed by atoms with Gasteiger partial charge in [0.25, 0.3) is 0 Å². The van der Waals surface area contributed by atoms with E-state index in [4.69, 9.17) is 4.74 Å². The Balaban J connectivity index is 2.22. The Kier molecular flexibility index (Phi) is 3.69. The van der Waals surface area contributed by atoms with Gasteiger partial charge < -0.3 is 9.64 Å². The van der Waals surface area contributed by atoms with Gasteiger partial charge in [-0.25, -0.2) is 0 Å². The third kappa shape index (κ3) is 2.55. The molecule has 0 amide bonds. The molecule has 0 aliphatic carbocycles. The standard InChI is InChI=1S/C13H17N2O3/c1-10-5-7-14(8-6-10)11-3-4-12(15(16)17)13(9-11)18-2/h3-4,9-10H,1,5-8H2,2H3. The average Bonchev–Trinajstić information content (AvgIpc) is 2.38. The van der Waals surface area contributed by atoms with Gasteiger partial charge in [0.2, 0.25) is 0 Å². The second-order valence-corrected chi connectivity index (χ2v) is 4.54. The van der Waals surface area contributed by atoms with Crippen LogP contribution in [0.3, 0.4) is 0 Å². The first-order chi connectivity index (χ1) is 8.61. The number of piperidine rings is 1. The van der Waals surface area contributed by atoms with E-state index in [9.17, 15) is 10.1 Å². The van der Waals surface area contributed by atoms with Crippen LogP contribution in [0.25, 0.3) is 0 Å². The van der Waals surface area contributed by atoms with Crippen molar-refractivity contribution in [1.29, 1.82) is 0 Å². The monoisotopic (exact) mass is 249 g/mol. The van der Waals surface area contributed by atoms with Crippen molar-refractivity contribution in [3.63, 3.8) is 0 Å². The molecule has 0 aromatic heterocycles. The summed E-state index contributed by atoms with van der Waals surface area (Å²) in [6.07, 6.45) is 2.11. The SMILES string of the molecule is [CH2]C1CCN(c2ccc([N+](=O)[O-])c(OC)c2)CC1. The maximum Gasteiger partial charge on any atom is 0.311 e. The number of nitrogens with zero attached hydrogens (tertiary/aromatic N) is 2. The first-order valence-electron chi connectivity index (χ1n) is 6.02. The average molecular weight is 249 g/mol. The summed E-state index contributed by atoms with van der Waals surface area (Å²) in [5.74, 6) is 0.829.